The van der Waals surface area contributed by atoms with E-state index in [4.69, 9.17) is 9.47 Å². The third kappa shape index (κ3) is 3.33. The maximum atomic E-state index is 12.5. The van der Waals surface area contributed by atoms with Crippen molar-refractivity contribution >= 4 is 5.91 Å². The Morgan fingerprint density at radius 3 is 2.77 bits per heavy atom. The minimum absolute atomic E-state index is 0.0977. The van der Waals surface area contributed by atoms with Gasteiger partial charge in [-0.05, 0) is 43.9 Å². The molecule has 1 amide bonds. The summed E-state index contributed by atoms with van der Waals surface area (Å²) in [5, 5.41) is 0. The van der Waals surface area contributed by atoms with Crippen LogP contribution < -0.4 is 0 Å². The molecule has 0 aromatic rings. The molecule has 2 saturated heterocycles. The highest BCUT2D eigenvalue weighted by Crippen LogP contribution is 2.38. The zero-order valence-corrected chi connectivity index (χ0v) is 13.6. The van der Waals surface area contributed by atoms with Crippen LogP contribution in [-0.4, -0.2) is 48.8 Å². The Morgan fingerprint density at radius 1 is 1.18 bits per heavy atom. The van der Waals surface area contributed by atoms with Crippen LogP contribution in [0.25, 0.3) is 0 Å². The molecule has 4 heteroatoms. The van der Waals surface area contributed by atoms with Gasteiger partial charge in [-0.1, -0.05) is 12.8 Å². The fourth-order valence-corrected chi connectivity index (χ4v) is 4.40. The van der Waals surface area contributed by atoms with Gasteiger partial charge < -0.3 is 14.4 Å². The maximum absolute atomic E-state index is 12.5. The number of likely N-dealkylation sites (tertiary alicyclic amines) is 1. The first-order valence-corrected chi connectivity index (χ1v) is 9.26. The Hall–Kier alpha value is -0.610. The van der Waals surface area contributed by atoms with Gasteiger partial charge in [-0.2, -0.15) is 0 Å². The third-order valence-corrected chi connectivity index (χ3v) is 6.05. The van der Waals surface area contributed by atoms with Gasteiger partial charge >= 0.3 is 0 Å². The maximum Gasteiger partial charge on any atom is 0.222 e. The van der Waals surface area contributed by atoms with Crippen molar-refractivity contribution in [3.63, 3.8) is 0 Å². The van der Waals surface area contributed by atoms with E-state index in [0.717, 1.165) is 51.5 Å². The highest BCUT2D eigenvalue weighted by Gasteiger charge is 2.47. The van der Waals surface area contributed by atoms with Gasteiger partial charge in [0.2, 0.25) is 5.91 Å². The van der Waals surface area contributed by atoms with Crippen molar-refractivity contribution in [3.05, 3.63) is 0 Å². The first-order chi connectivity index (χ1) is 10.7. The molecule has 4 aliphatic rings. The van der Waals surface area contributed by atoms with E-state index in [-0.39, 0.29) is 11.7 Å². The molecule has 2 unspecified atom stereocenters. The lowest BCUT2D eigenvalue weighted by atomic mass is 9.98. The van der Waals surface area contributed by atoms with E-state index in [9.17, 15) is 4.79 Å². The summed E-state index contributed by atoms with van der Waals surface area (Å²) in [5.41, 5.74) is -0.0977. The van der Waals surface area contributed by atoms with Gasteiger partial charge in [-0.3, -0.25) is 4.79 Å². The summed E-state index contributed by atoms with van der Waals surface area (Å²) in [6, 6.07) is 0. The van der Waals surface area contributed by atoms with Crippen LogP contribution in [0, 0.1) is 11.8 Å². The Balaban J connectivity index is 1.25. The van der Waals surface area contributed by atoms with Gasteiger partial charge in [0.25, 0.3) is 0 Å². The number of rotatable bonds is 5. The summed E-state index contributed by atoms with van der Waals surface area (Å²) in [4.78, 5) is 14.5. The molecular formula is C18H29NO3. The van der Waals surface area contributed by atoms with Gasteiger partial charge in [-0.15, -0.1) is 0 Å². The van der Waals surface area contributed by atoms with Crippen LogP contribution in [0.5, 0.6) is 0 Å². The van der Waals surface area contributed by atoms with Crippen molar-refractivity contribution in [1.82, 2.24) is 4.90 Å². The van der Waals surface area contributed by atoms with Crippen molar-refractivity contribution in [2.24, 2.45) is 11.8 Å². The van der Waals surface area contributed by atoms with Crippen molar-refractivity contribution < 1.29 is 14.3 Å². The summed E-state index contributed by atoms with van der Waals surface area (Å²) in [6.07, 6.45) is 10.8. The average Bonchev–Trinajstić information content (AvgIpc) is 2.93. The third-order valence-electron chi connectivity index (χ3n) is 6.05. The van der Waals surface area contributed by atoms with Crippen LogP contribution >= 0.6 is 0 Å². The van der Waals surface area contributed by atoms with Gasteiger partial charge in [-0.25, -0.2) is 0 Å². The SMILES string of the molecule is O=C(CC1CCCC1)N1CCC2(CC(OCC3CC3)CO2)C1. The van der Waals surface area contributed by atoms with Crippen molar-refractivity contribution in [2.75, 3.05) is 26.3 Å². The van der Waals surface area contributed by atoms with Gasteiger partial charge in [0, 0.05) is 32.5 Å². The second-order valence-corrected chi connectivity index (χ2v) is 8.02. The van der Waals surface area contributed by atoms with Gasteiger partial charge in [0.15, 0.2) is 0 Å². The molecule has 4 fully saturated rings. The van der Waals surface area contributed by atoms with Crippen LogP contribution in [0.4, 0.5) is 0 Å². The number of hydrogen-bond donors (Lipinski definition) is 0. The molecule has 0 aromatic carbocycles. The number of carbonyl (C=O) groups is 1. The van der Waals surface area contributed by atoms with E-state index in [1.807, 2.05) is 0 Å². The Kier molecular flexibility index (Phi) is 4.16. The van der Waals surface area contributed by atoms with Crippen LogP contribution in [0.2, 0.25) is 0 Å². The number of carbonyl (C=O) groups excluding carboxylic acids is 1. The summed E-state index contributed by atoms with van der Waals surface area (Å²) < 4.78 is 12.1. The normalized spacial score (nSPS) is 35.8. The Labute approximate surface area is 133 Å². The molecule has 1 spiro atoms. The number of hydrogen-bond acceptors (Lipinski definition) is 3. The second kappa shape index (κ2) is 6.12. The number of amides is 1. The molecule has 0 N–H and O–H groups in total. The molecule has 2 saturated carbocycles. The first kappa shape index (κ1) is 14.9. The standard InChI is InChI=1S/C18H29NO3/c20-17(9-14-3-1-2-4-14)19-8-7-18(13-19)10-16(12-22-18)21-11-15-5-6-15/h14-16H,1-13H2. The van der Waals surface area contributed by atoms with Crippen LogP contribution in [-0.2, 0) is 14.3 Å². The lowest BCUT2D eigenvalue weighted by Gasteiger charge is -2.24. The van der Waals surface area contributed by atoms with E-state index in [1.54, 1.807) is 0 Å². The number of ether oxygens (including phenoxy) is 2. The predicted molar refractivity (Wildman–Crippen MR) is 83.5 cm³/mol. The average molecular weight is 307 g/mol. The molecule has 2 aliphatic carbocycles. The van der Waals surface area contributed by atoms with Gasteiger partial charge in [0.1, 0.15) is 0 Å². The summed E-state index contributed by atoms with van der Waals surface area (Å²) in [5.74, 6) is 1.81. The molecule has 0 bridgehead atoms. The van der Waals surface area contributed by atoms with Crippen LogP contribution in [0.1, 0.15) is 57.8 Å². The van der Waals surface area contributed by atoms with E-state index in [2.05, 4.69) is 4.90 Å². The van der Waals surface area contributed by atoms with Crippen molar-refractivity contribution in [2.45, 2.75) is 69.5 Å². The molecule has 0 aromatic heterocycles. The molecule has 124 valence electrons. The zero-order chi connectivity index (χ0) is 15.0. The molecule has 22 heavy (non-hydrogen) atoms. The highest BCUT2D eigenvalue weighted by atomic mass is 16.6. The minimum atomic E-state index is -0.0977. The lowest BCUT2D eigenvalue weighted by Crippen LogP contribution is -2.36. The quantitative estimate of drug-likeness (QED) is 0.784. The second-order valence-electron chi connectivity index (χ2n) is 8.02. The Morgan fingerprint density at radius 2 is 2.00 bits per heavy atom. The summed E-state index contributed by atoms with van der Waals surface area (Å²) in [7, 11) is 0. The predicted octanol–water partition coefficient (Wildman–Crippen LogP) is 2.75. The molecular weight excluding hydrogens is 278 g/mol. The summed E-state index contributed by atoms with van der Waals surface area (Å²) in [6.45, 7) is 3.30. The minimum Gasteiger partial charge on any atom is -0.375 e. The highest BCUT2D eigenvalue weighted by molar-refractivity contribution is 5.77. The molecule has 2 heterocycles. The topological polar surface area (TPSA) is 38.8 Å². The largest absolute Gasteiger partial charge is 0.375 e. The molecule has 0 radical (unpaired) electrons. The zero-order valence-electron chi connectivity index (χ0n) is 13.6. The van der Waals surface area contributed by atoms with Crippen LogP contribution in [0.3, 0.4) is 0 Å². The fourth-order valence-electron chi connectivity index (χ4n) is 4.40. The van der Waals surface area contributed by atoms with E-state index < -0.39 is 0 Å². The molecule has 2 aliphatic heterocycles. The summed E-state index contributed by atoms with van der Waals surface area (Å²) >= 11 is 0. The van der Waals surface area contributed by atoms with Crippen molar-refractivity contribution in [3.8, 4) is 0 Å². The van der Waals surface area contributed by atoms with Gasteiger partial charge in [0.05, 0.1) is 18.3 Å². The lowest BCUT2D eigenvalue weighted by molar-refractivity contribution is -0.132. The van der Waals surface area contributed by atoms with Crippen LogP contribution in [0.15, 0.2) is 0 Å². The first-order valence-electron chi connectivity index (χ1n) is 9.26. The Bertz CT molecular complexity index is 417. The smallest absolute Gasteiger partial charge is 0.222 e. The molecule has 2 atom stereocenters. The monoisotopic (exact) mass is 307 g/mol. The van der Waals surface area contributed by atoms with E-state index >= 15 is 0 Å². The van der Waals surface area contributed by atoms with E-state index in [1.165, 1.54) is 38.5 Å². The van der Waals surface area contributed by atoms with E-state index in [0.29, 0.717) is 11.8 Å². The van der Waals surface area contributed by atoms with Crippen molar-refractivity contribution in [1.29, 1.82) is 0 Å². The fraction of sp³-hybridized carbons (Fsp3) is 0.944. The number of nitrogens with zero attached hydrogens (tertiary/aromatic N) is 1. The molecule has 4 nitrogen and oxygen atoms in total. The molecule has 4 rings (SSSR count).